The molecule has 1 aliphatic rings. The lowest BCUT2D eigenvalue weighted by atomic mass is 10.2. The minimum Gasteiger partial charge on any atom is -0.490 e. The van der Waals surface area contributed by atoms with Crippen LogP contribution in [-0.4, -0.2) is 55.2 Å². The van der Waals surface area contributed by atoms with Crippen molar-refractivity contribution in [2.45, 2.75) is 19.8 Å². The van der Waals surface area contributed by atoms with Gasteiger partial charge in [-0.15, -0.1) is 0 Å². The quantitative estimate of drug-likeness (QED) is 0.641. The van der Waals surface area contributed by atoms with Gasteiger partial charge in [-0.1, -0.05) is 12.1 Å². The van der Waals surface area contributed by atoms with Crippen LogP contribution in [0.3, 0.4) is 0 Å². The van der Waals surface area contributed by atoms with Gasteiger partial charge in [0, 0.05) is 38.8 Å². The maximum atomic E-state index is 12.5. The molecule has 7 nitrogen and oxygen atoms in total. The first-order chi connectivity index (χ1) is 14.2. The van der Waals surface area contributed by atoms with Crippen LogP contribution < -0.4 is 14.4 Å². The van der Waals surface area contributed by atoms with Gasteiger partial charge in [0.05, 0.1) is 24.8 Å². The molecule has 1 aromatic carbocycles. The van der Waals surface area contributed by atoms with Crippen molar-refractivity contribution >= 4 is 11.7 Å². The first kappa shape index (κ1) is 20.5. The van der Waals surface area contributed by atoms with Crippen molar-refractivity contribution in [1.82, 2.24) is 9.88 Å². The Morgan fingerprint density at radius 1 is 1.14 bits per heavy atom. The van der Waals surface area contributed by atoms with E-state index in [1.54, 1.807) is 18.3 Å². The Kier molecular flexibility index (Phi) is 7.28. The van der Waals surface area contributed by atoms with Gasteiger partial charge in [-0.2, -0.15) is 5.26 Å². The molecule has 3 rings (SSSR count). The van der Waals surface area contributed by atoms with Crippen molar-refractivity contribution in [2.24, 2.45) is 0 Å². The van der Waals surface area contributed by atoms with E-state index in [1.165, 1.54) is 0 Å². The van der Waals surface area contributed by atoms with Gasteiger partial charge < -0.3 is 19.3 Å². The number of hydrogen-bond acceptors (Lipinski definition) is 6. The molecule has 29 heavy (non-hydrogen) atoms. The number of nitriles is 1. The molecule has 0 saturated carbocycles. The fraction of sp³-hybridized carbons (Fsp3) is 0.409. The fourth-order valence-corrected chi connectivity index (χ4v) is 3.25. The number of carbonyl (C=O) groups is 1. The number of anilines is 1. The number of hydrogen-bond donors (Lipinski definition) is 0. The monoisotopic (exact) mass is 394 g/mol. The zero-order chi connectivity index (χ0) is 20.5. The molecule has 1 fully saturated rings. The minimum absolute atomic E-state index is 0.144. The van der Waals surface area contributed by atoms with Gasteiger partial charge in [-0.25, -0.2) is 4.98 Å². The van der Waals surface area contributed by atoms with Crippen LogP contribution in [0.5, 0.6) is 11.5 Å². The highest BCUT2D eigenvalue weighted by atomic mass is 16.5. The molecule has 0 spiro atoms. The summed E-state index contributed by atoms with van der Waals surface area (Å²) in [5.74, 6) is 2.37. The molecule has 1 saturated heterocycles. The molecular formula is C22H26N4O3. The van der Waals surface area contributed by atoms with Crippen molar-refractivity contribution in [2.75, 3.05) is 44.3 Å². The second kappa shape index (κ2) is 10.3. The lowest BCUT2D eigenvalue weighted by molar-refractivity contribution is -0.131. The van der Waals surface area contributed by atoms with Crippen LogP contribution in [0.25, 0.3) is 0 Å². The predicted octanol–water partition coefficient (Wildman–Crippen LogP) is 2.86. The Hall–Kier alpha value is -3.27. The fourth-order valence-electron chi connectivity index (χ4n) is 3.25. The molecule has 2 heterocycles. The van der Waals surface area contributed by atoms with Gasteiger partial charge in [0.1, 0.15) is 5.82 Å². The Morgan fingerprint density at radius 2 is 1.86 bits per heavy atom. The zero-order valence-electron chi connectivity index (χ0n) is 16.7. The molecule has 1 aromatic heterocycles. The number of aromatic nitrogens is 1. The third-order valence-electron chi connectivity index (χ3n) is 4.77. The summed E-state index contributed by atoms with van der Waals surface area (Å²) in [5.41, 5.74) is 0.597. The number of ether oxygens (including phenoxy) is 2. The normalized spacial score (nSPS) is 13.7. The van der Waals surface area contributed by atoms with Crippen molar-refractivity contribution in [3.63, 3.8) is 0 Å². The van der Waals surface area contributed by atoms with E-state index in [0.29, 0.717) is 63.5 Å². The van der Waals surface area contributed by atoms with Gasteiger partial charge in [-0.3, -0.25) is 4.79 Å². The lowest BCUT2D eigenvalue weighted by Crippen LogP contribution is -2.49. The van der Waals surface area contributed by atoms with Crippen LogP contribution >= 0.6 is 0 Å². The van der Waals surface area contributed by atoms with E-state index in [4.69, 9.17) is 14.7 Å². The van der Waals surface area contributed by atoms with E-state index >= 15 is 0 Å². The molecule has 1 amide bonds. The average Bonchev–Trinajstić information content (AvgIpc) is 2.78. The number of carbonyl (C=O) groups excluding carboxylic acids is 1. The topological polar surface area (TPSA) is 78.7 Å². The van der Waals surface area contributed by atoms with Gasteiger partial charge in [0.2, 0.25) is 5.91 Å². The van der Waals surface area contributed by atoms with E-state index in [2.05, 4.69) is 16.0 Å². The summed E-state index contributed by atoms with van der Waals surface area (Å²) in [5, 5.41) is 9.03. The zero-order valence-corrected chi connectivity index (χ0v) is 16.7. The maximum Gasteiger partial charge on any atom is 0.222 e. The van der Waals surface area contributed by atoms with Gasteiger partial charge in [-0.05, 0) is 37.6 Å². The summed E-state index contributed by atoms with van der Waals surface area (Å²) in [6.07, 6.45) is 2.76. The number of pyridine rings is 1. The van der Waals surface area contributed by atoms with Crippen LogP contribution in [-0.2, 0) is 4.79 Å². The molecule has 152 valence electrons. The number of para-hydroxylation sites is 2. The van der Waals surface area contributed by atoms with Gasteiger partial charge in [0.25, 0.3) is 0 Å². The second-order valence-electron chi connectivity index (χ2n) is 6.71. The minimum atomic E-state index is 0.144. The first-order valence-corrected chi connectivity index (χ1v) is 9.94. The number of piperazine rings is 1. The molecule has 1 aliphatic heterocycles. The first-order valence-electron chi connectivity index (χ1n) is 9.94. The van der Waals surface area contributed by atoms with E-state index in [9.17, 15) is 4.79 Å². The summed E-state index contributed by atoms with van der Waals surface area (Å²) in [4.78, 5) is 20.8. The largest absolute Gasteiger partial charge is 0.490 e. The summed E-state index contributed by atoms with van der Waals surface area (Å²) in [6.45, 7) is 5.74. The summed E-state index contributed by atoms with van der Waals surface area (Å²) < 4.78 is 11.3. The third-order valence-corrected chi connectivity index (χ3v) is 4.77. The molecular weight excluding hydrogens is 368 g/mol. The van der Waals surface area contributed by atoms with Crippen LogP contribution in [0.2, 0.25) is 0 Å². The smallest absolute Gasteiger partial charge is 0.222 e. The third kappa shape index (κ3) is 5.61. The number of nitrogens with zero attached hydrogens (tertiary/aromatic N) is 4. The highest BCUT2D eigenvalue weighted by Gasteiger charge is 2.21. The Morgan fingerprint density at radius 3 is 2.55 bits per heavy atom. The van der Waals surface area contributed by atoms with E-state index in [0.717, 1.165) is 11.6 Å². The second-order valence-corrected chi connectivity index (χ2v) is 6.71. The summed E-state index contributed by atoms with van der Waals surface area (Å²) >= 11 is 0. The SMILES string of the molecule is CCOc1ccccc1OCCCC(=O)N1CCN(c2cc(C#N)ccn2)CC1. The van der Waals surface area contributed by atoms with Crippen LogP contribution in [0, 0.1) is 11.3 Å². The Bertz CT molecular complexity index is 857. The van der Waals surface area contributed by atoms with Crippen molar-refractivity contribution < 1.29 is 14.3 Å². The van der Waals surface area contributed by atoms with Crippen LogP contribution in [0.1, 0.15) is 25.3 Å². The Labute approximate surface area is 171 Å². The average molecular weight is 394 g/mol. The Balaban J connectivity index is 1.41. The van der Waals surface area contributed by atoms with Crippen LogP contribution in [0.15, 0.2) is 42.6 Å². The highest BCUT2D eigenvalue weighted by molar-refractivity contribution is 5.76. The van der Waals surface area contributed by atoms with E-state index < -0.39 is 0 Å². The molecule has 7 heteroatoms. The van der Waals surface area contributed by atoms with Gasteiger partial charge in [0.15, 0.2) is 11.5 Å². The van der Waals surface area contributed by atoms with E-state index in [-0.39, 0.29) is 5.91 Å². The van der Waals surface area contributed by atoms with Gasteiger partial charge >= 0.3 is 0 Å². The van der Waals surface area contributed by atoms with Crippen molar-refractivity contribution in [1.29, 1.82) is 5.26 Å². The molecule has 0 radical (unpaired) electrons. The van der Waals surface area contributed by atoms with Crippen molar-refractivity contribution in [3.05, 3.63) is 48.2 Å². The molecule has 0 aliphatic carbocycles. The molecule has 2 aromatic rings. The molecule has 0 N–H and O–H groups in total. The molecule has 0 atom stereocenters. The van der Waals surface area contributed by atoms with Crippen molar-refractivity contribution in [3.8, 4) is 17.6 Å². The van der Waals surface area contributed by atoms with Crippen LogP contribution in [0.4, 0.5) is 5.82 Å². The number of rotatable bonds is 8. The van der Waals surface area contributed by atoms with E-state index in [1.807, 2.05) is 36.1 Å². The maximum absolute atomic E-state index is 12.5. The summed E-state index contributed by atoms with van der Waals surface area (Å²) in [7, 11) is 0. The molecule has 0 unspecified atom stereocenters. The lowest BCUT2D eigenvalue weighted by Gasteiger charge is -2.35. The standard InChI is InChI=1S/C22H26N4O3/c1-2-28-19-6-3-4-7-20(19)29-15-5-8-22(27)26-13-11-25(12-14-26)21-16-18(17-23)9-10-24-21/h3-4,6-7,9-10,16H,2,5,8,11-15H2,1H3. The summed E-state index contributed by atoms with van der Waals surface area (Å²) in [6, 6.07) is 13.2. The molecule has 0 bridgehead atoms. The highest BCUT2D eigenvalue weighted by Crippen LogP contribution is 2.26. The number of benzene rings is 1. The number of amides is 1. The predicted molar refractivity (Wildman–Crippen MR) is 110 cm³/mol.